The van der Waals surface area contributed by atoms with Crippen LogP contribution in [0.3, 0.4) is 0 Å². The molecule has 0 saturated heterocycles. The molecule has 0 aliphatic carbocycles. The molecule has 164 valence electrons. The van der Waals surface area contributed by atoms with Gasteiger partial charge in [0.15, 0.2) is 0 Å². The number of thiophene rings is 1. The van der Waals surface area contributed by atoms with Gasteiger partial charge in [-0.3, -0.25) is 9.59 Å². The number of halogens is 1. The molecule has 0 radical (unpaired) electrons. The quantitative estimate of drug-likeness (QED) is 0.405. The molecule has 4 nitrogen and oxygen atoms in total. The van der Waals surface area contributed by atoms with Crippen molar-refractivity contribution in [3.8, 4) is 0 Å². The zero-order chi connectivity index (χ0) is 22.7. The number of hydrogen-bond acceptors (Lipinski definition) is 3. The maximum atomic E-state index is 13.5. The SMILES string of the molecule is C=CCN(CC(=O)N1CCc2sccc2C1c1ccc(C)cc1)C(=O)c1ccc(Br)cc1. The van der Waals surface area contributed by atoms with E-state index in [1.807, 2.05) is 17.0 Å². The van der Waals surface area contributed by atoms with Gasteiger partial charge in [0.05, 0.1) is 6.04 Å². The first kappa shape index (κ1) is 22.5. The Morgan fingerprint density at radius 2 is 1.88 bits per heavy atom. The van der Waals surface area contributed by atoms with E-state index in [9.17, 15) is 9.59 Å². The fourth-order valence-corrected chi connectivity index (χ4v) is 5.27. The predicted molar refractivity (Wildman–Crippen MR) is 133 cm³/mol. The summed E-state index contributed by atoms with van der Waals surface area (Å²) in [5.74, 6) is -0.231. The van der Waals surface area contributed by atoms with Crippen molar-refractivity contribution in [2.75, 3.05) is 19.6 Å². The zero-order valence-corrected chi connectivity index (χ0v) is 20.4. The number of rotatable bonds is 6. The maximum Gasteiger partial charge on any atom is 0.254 e. The summed E-state index contributed by atoms with van der Waals surface area (Å²) in [7, 11) is 0. The molecule has 6 heteroatoms. The minimum Gasteiger partial charge on any atom is -0.330 e. The summed E-state index contributed by atoms with van der Waals surface area (Å²) in [6, 6.07) is 17.5. The van der Waals surface area contributed by atoms with Gasteiger partial charge < -0.3 is 9.80 Å². The van der Waals surface area contributed by atoms with Crippen molar-refractivity contribution in [3.63, 3.8) is 0 Å². The van der Waals surface area contributed by atoms with Gasteiger partial charge in [0.1, 0.15) is 6.54 Å². The van der Waals surface area contributed by atoms with Gasteiger partial charge in [-0.25, -0.2) is 0 Å². The second-order valence-corrected chi connectivity index (χ2v) is 9.85. The molecule has 1 unspecified atom stereocenters. The van der Waals surface area contributed by atoms with Crippen LogP contribution >= 0.6 is 27.3 Å². The minimum atomic E-state index is -0.175. The molecule has 0 bridgehead atoms. The number of carbonyl (C=O) groups is 2. The van der Waals surface area contributed by atoms with Gasteiger partial charge in [0.25, 0.3) is 5.91 Å². The van der Waals surface area contributed by atoms with E-state index in [4.69, 9.17) is 0 Å². The average molecular weight is 509 g/mol. The lowest BCUT2D eigenvalue weighted by atomic mass is 9.92. The summed E-state index contributed by atoms with van der Waals surface area (Å²) in [5.41, 5.74) is 4.02. The first-order valence-corrected chi connectivity index (χ1v) is 12.2. The maximum absolute atomic E-state index is 13.5. The van der Waals surface area contributed by atoms with E-state index in [-0.39, 0.29) is 24.4 Å². The molecule has 4 rings (SSSR count). The van der Waals surface area contributed by atoms with Crippen LogP contribution in [0.4, 0.5) is 0 Å². The number of fused-ring (bicyclic) bond motifs is 1. The number of carbonyl (C=O) groups excluding carboxylic acids is 2. The minimum absolute atomic E-state index is 0.0166. The Morgan fingerprint density at radius 1 is 1.16 bits per heavy atom. The first-order valence-electron chi connectivity index (χ1n) is 10.6. The van der Waals surface area contributed by atoms with Crippen molar-refractivity contribution < 1.29 is 9.59 Å². The highest BCUT2D eigenvalue weighted by Gasteiger charge is 2.33. The Hall–Kier alpha value is -2.70. The number of amides is 2. The summed E-state index contributed by atoms with van der Waals surface area (Å²) >= 11 is 5.14. The van der Waals surface area contributed by atoms with Crippen LogP contribution in [-0.4, -0.2) is 41.2 Å². The Balaban J connectivity index is 1.60. The highest BCUT2D eigenvalue weighted by atomic mass is 79.9. The largest absolute Gasteiger partial charge is 0.330 e. The molecule has 0 saturated carbocycles. The number of benzene rings is 2. The molecule has 0 fully saturated rings. The number of nitrogens with zero attached hydrogens (tertiary/aromatic N) is 2. The lowest BCUT2D eigenvalue weighted by Gasteiger charge is -2.37. The van der Waals surface area contributed by atoms with Gasteiger partial charge in [0, 0.05) is 28.0 Å². The van der Waals surface area contributed by atoms with E-state index >= 15 is 0 Å². The van der Waals surface area contributed by atoms with Crippen molar-refractivity contribution in [1.82, 2.24) is 9.80 Å². The molecule has 2 amide bonds. The van der Waals surface area contributed by atoms with E-state index in [1.54, 1.807) is 34.4 Å². The van der Waals surface area contributed by atoms with Gasteiger partial charge in [-0.05, 0) is 60.2 Å². The number of aryl methyl sites for hydroxylation is 1. The van der Waals surface area contributed by atoms with Crippen LogP contribution in [0.5, 0.6) is 0 Å². The molecule has 1 aromatic heterocycles. The standard InChI is InChI=1S/C26H25BrN2O2S/c1-3-14-28(26(31)20-8-10-21(27)11-9-20)17-24(30)29-15-12-23-22(13-16-32-23)25(29)19-6-4-18(2)5-7-19/h3-11,13,16,25H,1,12,14-15,17H2,2H3. The van der Waals surface area contributed by atoms with Crippen molar-refractivity contribution in [2.45, 2.75) is 19.4 Å². The lowest BCUT2D eigenvalue weighted by Crippen LogP contribution is -2.46. The Labute approximate surface area is 201 Å². The fourth-order valence-electron chi connectivity index (χ4n) is 4.10. The van der Waals surface area contributed by atoms with Crippen LogP contribution < -0.4 is 0 Å². The molecule has 0 spiro atoms. The molecule has 1 atom stereocenters. The van der Waals surface area contributed by atoms with Gasteiger partial charge >= 0.3 is 0 Å². The van der Waals surface area contributed by atoms with E-state index < -0.39 is 0 Å². The van der Waals surface area contributed by atoms with Crippen LogP contribution in [0.25, 0.3) is 0 Å². The van der Waals surface area contributed by atoms with Crippen LogP contribution in [0.1, 0.15) is 38.0 Å². The van der Waals surface area contributed by atoms with Crippen LogP contribution in [0.2, 0.25) is 0 Å². The summed E-state index contributed by atoms with van der Waals surface area (Å²) in [6.45, 7) is 6.81. The van der Waals surface area contributed by atoms with Crippen LogP contribution in [0.15, 0.2) is 77.1 Å². The van der Waals surface area contributed by atoms with Crippen LogP contribution in [0, 0.1) is 6.92 Å². The first-order chi connectivity index (χ1) is 15.5. The summed E-state index contributed by atoms with van der Waals surface area (Å²) in [4.78, 5) is 31.5. The molecular weight excluding hydrogens is 484 g/mol. The molecule has 3 aromatic rings. The molecule has 1 aliphatic heterocycles. The normalized spacial score (nSPS) is 15.2. The van der Waals surface area contributed by atoms with E-state index in [1.165, 1.54) is 16.0 Å². The van der Waals surface area contributed by atoms with E-state index in [2.05, 4.69) is 65.1 Å². The highest BCUT2D eigenvalue weighted by Crippen LogP contribution is 2.38. The molecule has 0 N–H and O–H groups in total. The second-order valence-electron chi connectivity index (χ2n) is 7.93. The molecule has 32 heavy (non-hydrogen) atoms. The second kappa shape index (κ2) is 9.84. The van der Waals surface area contributed by atoms with Crippen molar-refractivity contribution in [2.24, 2.45) is 0 Å². The third-order valence-corrected chi connectivity index (χ3v) is 7.26. The molecule has 2 heterocycles. The van der Waals surface area contributed by atoms with E-state index in [0.29, 0.717) is 18.7 Å². The Bertz CT molecular complexity index is 1120. The van der Waals surface area contributed by atoms with Gasteiger partial charge in [-0.1, -0.05) is 51.8 Å². The monoisotopic (exact) mass is 508 g/mol. The average Bonchev–Trinajstić information content (AvgIpc) is 3.28. The summed E-state index contributed by atoms with van der Waals surface area (Å²) in [5, 5.41) is 2.10. The lowest BCUT2D eigenvalue weighted by molar-refractivity contribution is -0.133. The summed E-state index contributed by atoms with van der Waals surface area (Å²) < 4.78 is 0.904. The van der Waals surface area contributed by atoms with E-state index in [0.717, 1.165) is 16.5 Å². The third kappa shape index (κ3) is 4.71. The van der Waals surface area contributed by atoms with Gasteiger partial charge in [-0.15, -0.1) is 17.9 Å². The van der Waals surface area contributed by atoms with Crippen molar-refractivity contribution in [3.05, 3.63) is 104 Å². The molecule has 2 aromatic carbocycles. The molecule has 1 aliphatic rings. The predicted octanol–water partition coefficient (Wildman–Crippen LogP) is 5.62. The van der Waals surface area contributed by atoms with Gasteiger partial charge in [0.2, 0.25) is 5.91 Å². The van der Waals surface area contributed by atoms with Crippen molar-refractivity contribution in [1.29, 1.82) is 0 Å². The highest BCUT2D eigenvalue weighted by molar-refractivity contribution is 9.10. The Kier molecular flexibility index (Phi) is 6.92. The smallest absolute Gasteiger partial charge is 0.254 e. The topological polar surface area (TPSA) is 40.6 Å². The third-order valence-electron chi connectivity index (χ3n) is 5.73. The van der Waals surface area contributed by atoms with Crippen LogP contribution in [-0.2, 0) is 11.2 Å². The zero-order valence-electron chi connectivity index (χ0n) is 18.0. The van der Waals surface area contributed by atoms with Gasteiger partial charge in [-0.2, -0.15) is 0 Å². The number of hydrogen-bond donors (Lipinski definition) is 0. The Morgan fingerprint density at radius 3 is 2.56 bits per heavy atom. The van der Waals surface area contributed by atoms with Crippen molar-refractivity contribution >= 4 is 39.1 Å². The summed E-state index contributed by atoms with van der Waals surface area (Å²) in [6.07, 6.45) is 2.50. The molecular formula is C26H25BrN2O2S. The fraction of sp³-hybridized carbons (Fsp3) is 0.231.